The molecule has 0 saturated carbocycles. The van der Waals surface area contributed by atoms with Crippen molar-refractivity contribution < 1.29 is 19.1 Å². The molecule has 0 aliphatic carbocycles. The fourth-order valence-corrected chi connectivity index (χ4v) is 2.41. The third kappa shape index (κ3) is 2.05. The molecule has 0 radical (unpaired) electrons. The highest BCUT2D eigenvalue weighted by atomic mass is 16.6. The number of carbonyl (C=O) groups excluding carboxylic acids is 2. The van der Waals surface area contributed by atoms with Crippen LogP contribution in [0, 0.1) is 0 Å². The van der Waals surface area contributed by atoms with Crippen LogP contribution in [0.5, 0.6) is 11.5 Å². The summed E-state index contributed by atoms with van der Waals surface area (Å²) < 4.78 is 10.9. The lowest BCUT2D eigenvalue weighted by Gasteiger charge is -2.21. The second-order valence-electron chi connectivity index (χ2n) is 4.68. The maximum Gasteiger partial charge on any atom is 0.261 e. The maximum atomic E-state index is 12.2. The summed E-state index contributed by atoms with van der Waals surface area (Å²) in [7, 11) is 0. The number of carbonyl (C=O) groups is 2. The summed E-state index contributed by atoms with van der Waals surface area (Å²) >= 11 is 0. The molecule has 20 heavy (non-hydrogen) atoms. The number of rotatable bonds is 2. The van der Waals surface area contributed by atoms with Crippen LogP contribution in [-0.4, -0.2) is 25.0 Å². The van der Waals surface area contributed by atoms with Gasteiger partial charge in [0.05, 0.1) is 12.1 Å². The largest absolute Gasteiger partial charge is 0.486 e. The van der Waals surface area contributed by atoms with E-state index in [1.54, 1.807) is 24.3 Å². The Kier molecular flexibility index (Phi) is 3.18. The number of hydrogen-bond donors (Lipinski definition) is 0. The molecule has 0 bridgehead atoms. The van der Waals surface area contributed by atoms with Gasteiger partial charge < -0.3 is 9.47 Å². The highest BCUT2D eigenvalue weighted by Crippen LogP contribution is 2.36. The second-order valence-corrected chi connectivity index (χ2v) is 4.68. The predicted molar refractivity (Wildman–Crippen MR) is 72.9 cm³/mol. The Bertz CT molecular complexity index is 606. The predicted octanol–water partition coefficient (Wildman–Crippen LogP) is 2.06. The van der Waals surface area contributed by atoms with Gasteiger partial charge in [0.2, 0.25) is 5.91 Å². The number of imide groups is 1. The first-order valence-corrected chi connectivity index (χ1v) is 6.66. The van der Waals surface area contributed by atoms with E-state index in [0.29, 0.717) is 36.0 Å². The molecule has 5 heteroatoms. The summed E-state index contributed by atoms with van der Waals surface area (Å²) in [5.74, 6) is 0.769. The Morgan fingerprint density at radius 1 is 1.20 bits per heavy atom. The first kappa shape index (κ1) is 12.7. The van der Waals surface area contributed by atoms with E-state index in [1.807, 2.05) is 6.92 Å². The molecule has 1 fully saturated rings. The average Bonchev–Trinajstić information content (AvgIpc) is 2.73. The summed E-state index contributed by atoms with van der Waals surface area (Å²) in [5.41, 5.74) is 1.09. The Balaban J connectivity index is 1.95. The number of allylic oxidation sites excluding steroid dienone is 1. The SMILES string of the molecule is CCC=C1CC(=O)N(c2ccc3c(c2)OCCO3)C1=O. The smallest absolute Gasteiger partial charge is 0.261 e. The molecule has 0 spiro atoms. The van der Waals surface area contributed by atoms with Crippen LogP contribution in [0.15, 0.2) is 29.8 Å². The fourth-order valence-electron chi connectivity index (χ4n) is 2.41. The fraction of sp³-hybridized carbons (Fsp3) is 0.333. The molecule has 3 rings (SSSR count). The number of benzene rings is 1. The van der Waals surface area contributed by atoms with Crippen LogP contribution in [0.2, 0.25) is 0 Å². The molecule has 1 aromatic rings. The number of anilines is 1. The van der Waals surface area contributed by atoms with Crippen molar-refractivity contribution in [2.24, 2.45) is 0 Å². The Labute approximate surface area is 116 Å². The third-order valence-electron chi connectivity index (χ3n) is 3.30. The molecule has 1 saturated heterocycles. The summed E-state index contributed by atoms with van der Waals surface area (Å²) in [6, 6.07) is 5.11. The Morgan fingerprint density at radius 2 is 1.95 bits per heavy atom. The molecule has 0 aromatic heterocycles. The lowest BCUT2D eigenvalue weighted by molar-refractivity contribution is -0.120. The van der Waals surface area contributed by atoms with E-state index in [9.17, 15) is 9.59 Å². The van der Waals surface area contributed by atoms with E-state index < -0.39 is 0 Å². The van der Waals surface area contributed by atoms with Gasteiger partial charge in [0.15, 0.2) is 11.5 Å². The first-order chi connectivity index (χ1) is 9.70. The van der Waals surface area contributed by atoms with Crippen LogP contribution in [0.3, 0.4) is 0 Å². The van der Waals surface area contributed by atoms with Gasteiger partial charge in [0, 0.05) is 11.6 Å². The van der Waals surface area contributed by atoms with Gasteiger partial charge in [-0.1, -0.05) is 13.0 Å². The van der Waals surface area contributed by atoms with Crippen LogP contribution in [0.4, 0.5) is 5.69 Å². The van der Waals surface area contributed by atoms with Crippen molar-refractivity contribution in [3.05, 3.63) is 29.8 Å². The first-order valence-electron chi connectivity index (χ1n) is 6.66. The molecule has 0 N–H and O–H groups in total. The summed E-state index contributed by atoms with van der Waals surface area (Å²) in [6.07, 6.45) is 2.71. The second kappa shape index (κ2) is 5.00. The Morgan fingerprint density at radius 3 is 2.70 bits per heavy atom. The zero-order chi connectivity index (χ0) is 14.1. The molecular formula is C15H15NO4. The van der Waals surface area contributed by atoms with Crippen molar-refractivity contribution in [3.63, 3.8) is 0 Å². The molecule has 5 nitrogen and oxygen atoms in total. The quantitative estimate of drug-likeness (QED) is 0.611. The van der Waals surface area contributed by atoms with Crippen molar-refractivity contribution >= 4 is 17.5 Å². The van der Waals surface area contributed by atoms with Crippen LogP contribution in [0.25, 0.3) is 0 Å². The summed E-state index contributed by atoms with van der Waals surface area (Å²) in [4.78, 5) is 25.5. The minimum Gasteiger partial charge on any atom is -0.486 e. The van der Waals surface area contributed by atoms with Crippen LogP contribution in [-0.2, 0) is 9.59 Å². The average molecular weight is 273 g/mol. The van der Waals surface area contributed by atoms with Gasteiger partial charge in [0.25, 0.3) is 5.91 Å². The van der Waals surface area contributed by atoms with Crippen molar-refractivity contribution in [1.29, 1.82) is 0 Å². The van der Waals surface area contributed by atoms with E-state index in [1.165, 1.54) is 4.90 Å². The van der Waals surface area contributed by atoms with E-state index in [-0.39, 0.29) is 18.2 Å². The van der Waals surface area contributed by atoms with Crippen molar-refractivity contribution in [1.82, 2.24) is 0 Å². The molecule has 2 heterocycles. The monoisotopic (exact) mass is 273 g/mol. The zero-order valence-electron chi connectivity index (χ0n) is 11.2. The number of ether oxygens (including phenoxy) is 2. The molecule has 2 amide bonds. The topological polar surface area (TPSA) is 55.8 Å². The normalized spacial score (nSPS) is 19.9. The van der Waals surface area contributed by atoms with E-state index in [2.05, 4.69) is 0 Å². The highest BCUT2D eigenvalue weighted by Gasteiger charge is 2.35. The van der Waals surface area contributed by atoms with Crippen LogP contribution in [0.1, 0.15) is 19.8 Å². The van der Waals surface area contributed by atoms with Crippen LogP contribution < -0.4 is 14.4 Å². The number of fused-ring (bicyclic) bond motifs is 1. The Hall–Kier alpha value is -2.30. The minimum atomic E-state index is -0.242. The van der Waals surface area contributed by atoms with Gasteiger partial charge in [-0.25, -0.2) is 4.90 Å². The van der Waals surface area contributed by atoms with E-state index in [0.717, 1.165) is 6.42 Å². The molecule has 0 atom stereocenters. The molecule has 104 valence electrons. The lowest BCUT2D eigenvalue weighted by Crippen LogP contribution is -2.29. The van der Waals surface area contributed by atoms with Gasteiger partial charge in [-0.3, -0.25) is 9.59 Å². The van der Waals surface area contributed by atoms with Gasteiger partial charge >= 0.3 is 0 Å². The zero-order valence-corrected chi connectivity index (χ0v) is 11.2. The summed E-state index contributed by atoms with van der Waals surface area (Å²) in [6.45, 7) is 2.92. The van der Waals surface area contributed by atoms with Crippen molar-refractivity contribution in [3.8, 4) is 11.5 Å². The number of nitrogens with zero attached hydrogens (tertiary/aromatic N) is 1. The minimum absolute atomic E-state index is 0.168. The van der Waals surface area contributed by atoms with Gasteiger partial charge in [-0.15, -0.1) is 0 Å². The number of amides is 2. The van der Waals surface area contributed by atoms with Gasteiger partial charge in [0.1, 0.15) is 13.2 Å². The highest BCUT2D eigenvalue weighted by molar-refractivity contribution is 6.28. The standard InChI is InChI=1S/C15H15NO4/c1-2-3-10-8-14(17)16(15(10)18)11-4-5-12-13(9-11)20-7-6-19-12/h3-5,9H,2,6-8H2,1H3. The third-order valence-corrected chi connectivity index (χ3v) is 3.30. The van der Waals surface area contributed by atoms with Crippen molar-refractivity contribution in [2.45, 2.75) is 19.8 Å². The molecule has 1 aromatic carbocycles. The van der Waals surface area contributed by atoms with Gasteiger partial charge in [-0.05, 0) is 18.6 Å². The number of hydrogen-bond acceptors (Lipinski definition) is 4. The maximum absolute atomic E-state index is 12.2. The lowest BCUT2D eigenvalue weighted by atomic mass is 10.2. The van der Waals surface area contributed by atoms with E-state index in [4.69, 9.17) is 9.47 Å². The molecule has 2 aliphatic rings. The van der Waals surface area contributed by atoms with E-state index >= 15 is 0 Å². The molecule has 0 unspecified atom stereocenters. The van der Waals surface area contributed by atoms with Crippen molar-refractivity contribution in [2.75, 3.05) is 18.1 Å². The summed E-state index contributed by atoms with van der Waals surface area (Å²) in [5, 5.41) is 0. The van der Waals surface area contributed by atoms with Gasteiger partial charge in [-0.2, -0.15) is 0 Å². The van der Waals surface area contributed by atoms with Crippen LogP contribution >= 0.6 is 0 Å². The molecular weight excluding hydrogens is 258 g/mol. The molecule has 2 aliphatic heterocycles.